The highest BCUT2D eigenvalue weighted by Gasteiger charge is 2.15. The van der Waals surface area contributed by atoms with Crippen molar-refractivity contribution in [1.29, 1.82) is 0 Å². The number of hydrogen-bond donors (Lipinski definition) is 1. The van der Waals surface area contributed by atoms with Crippen molar-refractivity contribution in [1.82, 2.24) is 15.0 Å². The van der Waals surface area contributed by atoms with Crippen LogP contribution in [-0.4, -0.2) is 20.5 Å². The van der Waals surface area contributed by atoms with Crippen LogP contribution in [0.1, 0.15) is 20.8 Å². The van der Waals surface area contributed by atoms with E-state index in [-0.39, 0.29) is 5.54 Å². The van der Waals surface area contributed by atoms with E-state index in [1.807, 2.05) is 42.5 Å². The second-order valence-electron chi connectivity index (χ2n) is 6.01. The molecule has 3 aromatic rings. The van der Waals surface area contributed by atoms with Gasteiger partial charge in [-0.3, -0.25) is 0 Å². The highest BCUT2D eigenvalue weighted by atomic mass is 15.1. The number of aromatic nitrogens is 3. The number of anilines is 1. The Hall–Kier alpha value is -2.49. The summed E-state index contributed by atoms with van der Waals surface area (Å²) in [6, 6.07) is 13.9. The van der Waals surface area contributed by atoms with Crippen molar-refractivity contribution in [3.8, 4) is 11.4 Å². The zero-order valence-corrected chi connectivity index (χ0v) is 12.5. The Labute approximate surface area is 124 Å². The molecule has 4 heteroatoms. The normalized spacial score (nSPS) is 11.6. The lowest BCUT2D eigenvalue weighted by Gasteiger charge is -2.22. The first-order valence-corrected chi connectivity index (χ1v) is 6.99. The van der Waals surface area contributed by atoms with Gasteiger partial charge in [0.1, 0.15) is 5.82 Å². The minimum atomic E-state index is -0.0783. The fourth-order valence-corrected chi connectivity index (χ4v) is 2.13. The van der Waals surface area contributed by atoms with E-state index in [2.05, 4.69) is 36.1 Å². The second-order valence-corrected chi connectivity index (χ2v) is 6.01. The van der Waals surface area contributed by atoms with Crippen LogP contribution >= 0.6 is 0 Å². The summed E-state index contributed by atoms with van der Waals surface area (Å²) in [6.45, 7) is 6.33. The molecule has 0 atom stereocenters. The van der Waals surface area contributed by atoms with E-state index in [0.29, 0.717) is 11.5 Å². The van der Waals surface area contributed by atoms with Gasteiger partial charge in [0.15, 0.2) is 11.5 Å². The molecule has 0 fully saturated rings. The third-order valence-electron chi connectivity index (χ3n) is 3.00. The predicted molar refractivity (Wildman–Crippen MR) is 86.1 cm³/mol. The molecule has 0 unspecified atom stereocenters. The lowest BCUT2D eigenvalue weighted by molar-refractivity contribution is 0.631. The van der Waals surface area contributed by atoms with Gasteiger partial charge in [-0.05, 0) is 32.9 Å². The van der Waals surface area contributed by atoms with Crippen LogP contribution in [0.3, 0.4) is 0 Å². The lowest BCUT2D eigenvalue weighted by Crippen LogP contribution is -2.27. The third kappa shape index (κ3) is 2.99. The molecule has 4 nitrogen and oxygen atoms in total. The average molecular weight is 278 g/mol. The second kappa shape index (κ2) is 5.13. The highest BCUT2D eigenvalue weighted by Crippen LogP contribution is 2.25. The van der Waals surface area contributed by atoms with Crippen LogP contribution in [0.25, 0.3) is 22.4 Å². The van der Waals surface area contributed by atoms with E-state index in [4.69, 9.17) is 4.98 Å². The Bertz CT molecular complexity index is 761. The van der Waals surface area contributed by atoms with Gasteiger partial charge < -0.3 is 5.32 Å². The fourth-order valence-electron chi connectivity index (χ4n) is 2.13. The first-order chi connectivity index (χ1) is 10.0. The maximum absolute atomic E-state index is 4.69. The van der Waals surface area contributed by atoms with E-state index in [9.17, 15) is 0 Å². The van der Waals surface area contributed by atoms with E-state index in [1.54, 1.807) is 6.20 Å². The summed E-state index contributed by atoms with van der Waals surface area (Å²) in [5.41, 5.74) is 1.62. The molecule has 0 radical (unpaired) electrons. The van der Waals surface area contributed by atoms with Gasteiger partial charge in [0.05, 0.1) is 5.39 Å². The SMILES string of the molecule is CC(C)(C)Nc1nc(-c2ccccc2)nc2ncccc12. The summed E-state index contributed by atoms with van der Waals surface area (Å²) >= 11 is 0. The first-order valence-electron chi connectivity index (χ1n) is 6.99. The molecule has 0 amide bonds. The molecule has 2 heterocycles. The van der Waals surface area contributed by atoms with Gasteiger partial charge in [0.2, 0.25) is 0 Å². The quantitative estimate of drug-likeness (QED) is 0.772. The number of rotatable bonds is 2. The van der Waals surface area contributed by atoms with Crippen molar-refractivity contribution in [2.45, 2.75) is 26.3 Å². The van der Waals surface area contributed by atoms with Crippen LogP contribution < -0.4 is 5.32 Å². The van der Waals surface area contributed by atoms with Crippen molar-refractivity contribution in [3.63, 3.8) is 0 Å². The molecule has 0 saturated heterocycles. The van der Waals surface area contributed by atoms with Crippen molar-refractivity contribution in [2.24, 2.45) is 0 Å². The van der Waals surface area contributed by atoms with Gasteiger partial charge in [-0.15, -0.1) is 0 Å². The molecule has 1 aromatic carbocycles. The summed E-state index contributed by atoms with van der Waals surface area (Å²) < 4.78 is 0. The van der Waals surface area contributed by atoms with E-state index >= 15 is 0 Å². The van der Waals surface area contributed by atoms with Crippen molar-refractivity contribution in [3.05, 3.63) is 48.7 Å². The van der Waals surface area contributed by atoms with Gasteiger partial charge in [0.25, 0.3) is 0 Å². The first kappa shape index (κ1) is 13.5. The average Bonchev–Trinajstić information content (AvgIpc) is 2.46. The molecule has 0 saturated carbocycles. The lowest BCUT2D eigenvalue weighted by atomic mass is 10.1. The van der Waals surface area contributed by atoms with Crippen LogP contribution in [0, 0.1) is 0 Å². The Morgan fingerprint density at radius 2 is 1.67 bits per heavy atom. The Morgan fingerprint density at radius 1 is 0.905 bits per heavy atom. The largest absolute Gasteiger partial charge is 0.365 e. The zero-order chi connectivity index (χ0) is 14.9. The maximum atomic E-state index is 4.69. The van der Waals surface area contributed by atoms with Gasteiger partial charge in [-0.25, -0.2) is 15.0 Å². The highest BCUT2D eigenvalue weighted by molar-refractivity contribution is 5.88. The molecule has 0 spiro atoms. The summed E-state index contributed by atoms with van der Waals surface area (Å²) in [4.78, 5) is 13.6. The molecule has 0 aliphatic carbocycles. The van der Waals surface area contributed by atoms with E-state index in [1.165, 1.54) is 0 Å². The molecule has 3 rings (SSSR count). The summed E-state index contributed by atoms with van der Waals surface area (Å²) in [6.07, 6.45) is 1.75. The van der Waals surface area contributed by atoms with E-state index in [0.717, 1.165) is 16.8 Å². The smallest absolute Gasteiger partial charge is 0.165 e. The van der Waals surface area contributed by atoms with Crippen LogP contribution in [0.4, 0.5) is 5.82 Å². The minimum Gasteiger partial charge on any atom is -0.365 e. The molecular weight excluding hydrogens is 260 g/mol. The van der Waals surface area contributed by atoms with Crippen molar-refractivity contribution < 1.29 is 0 Å². The van der Waals surface area contributed by atoms with Gasteiger partial charge in [0, 0.05) is 17.3 Å². The maximum Gasteiger partial charge on any atom is 0.165 e. The summed E-state index contributed by atoms with van der Waals surface area (Å²) in [7, 11) is 0. The fraction of sp³-hybridized carbons (Fsp3) is 0.235. The zero-order valence-electron chi connectivity index (χ0n) is 12.5. The van der Waals surface area contributed by atoms with Crippen LogP contribution in [0.5, 0.6) is 0 Å². The Morgan fingerprint density at radius 3 is 2.38 bits per heavy atom. The van der Waals surface area contributed by atoms with Crippen LogP contribution in [-0.2, 0) is 0 Å². The summed E-state index contributed by atoms with van der Waals surface area (Å²) in [5, 5.41) is 4.38. The Balaban J connectivity index is 2.20. The minimum absolute atomic E-state index is 0.0783. The number of nitrogens with one attached hydrogen (secondary N) is 1. The van der Waals surface area contributed by atoms with Gasteiger partial charge >= 0.3 is 0 Å². The number of nitrogens with zero attached hydrogens (tertiary/aromatic N) is 3. The standard InChI is InChI=1S/C17H18N4/c1-17(2,3)21-16-13-10-7-11-18-15(13)19-14(20-16)12-8-5-4-6-9-12/h4-11H,1-3H3,(H,18,19,20,21). The molecule has 2 aromatic heterocycles. The van der Waals surface area contributed by atoms with Crippen LogP contribution in [0.2, 0.25) is 0 Å². The molecular formula is C17H18N4. The number of hydrogen-bond acceptors (Lipinski definition) is 4. The molecule has 0 aliphatic rings. The van der Waals surface area contributed by atoms with Crippen LogP contribution in [0.15, 0.2) is 48.7 Å². The molecule has 0 bridgehead atoms. The van der Waals surface area contributed by atoms with E-state index < -0.39 is 0 Å². The van der Waals surface area contributed by atoms with Gasteiger partial charge in [-0.2, -0.15) is 0 Å². The Kier molecular flexibility index (Phi) is 3.29. The molecule has 0 aliphatic heterocycles. The predicted octanol–water partition coefficient (Wildman–Crippen LogP) is 3.90. The topological polar surface area (TPSA) is 50.7 Å². The molecule has 21 heavy (non-hydrogen) atoms. The number of fused-ring (bicyclic) bond motifs is 1. The van der Waals surface area contributed by atoms with Crippen molar-refractivity contribution >= 4 is 16.9 Å². The number of pyridine rings is 1. The number of benzene rings is 1. The monoisotopic (exact) mass is 278 g/mol. The molecule has 1 N–H and O–H groups in total. The van der Waals surface area contributed by atoms with Crippen molar-refractivity contribution in [2.75, 3.05) is 5.32 Å². The third-order valence-corrected chi connectivity index (χ3v) is 3.00. The molecule has 106 valence electrons. The summed E-state index contributed by atoms with van der Waals surface area (Å²) in [5.74, 6) is 1.51. The van der Waals surface area contributed by atoms with Gasteiger partial charge in [-0.1, -0.05) is 30.3 Å².